The molecule has 3 saturated carbocycles. The first kappa shape index (κ1) is 18.0. The predicted octanol–water partition coefficient (Wildman–Crippen LogP) is 5.86. The summed E-state index contributed by atoms with van der Waals surface area (Å²) >= 11 is 6.39. The fourth-order valence-electron chi connectivity index (χ4n) is 4.72. The van der Waals surface area contributed by atoms with Crippen molar-refractivity contribution < 1.29 is 4.79 Å². The highest BCUT2D eigenvalue weighted by atomic mass is 35.5. The molecule has 24 heavy (non-hydrogen) atoms. The Hall–Kier alpha value is -0.760. The lowest BCUT2D eigenvalue weighted by atomic mass is 9.74. The van der Waals surface area contributed by atoms with Crippen molar-refractivity contribution >= 4 is 17.5 Å². The Morgan fingerprint density at radius 1 is 1.12 bits per heavy atom. The number of rotatable bonds is 5. The Morgan fingerprint density at radius 3 is 2.21 bits per heavy atom. The van der Waals surface area contributed by atoms with E-state index in [1.165, 1.54) is 68.1 Å². The summed E-state index contributed by atoms with van der Waals surface area (Å²) in [5.74, 6) is 0.508. The first-order chi connectivity index (χ1) is 11.4. The van der Waals surface area contributed by atoms with E-state index in [-0.39, 0.29) is 23.3 Å². The summed E-state index contributed by atoms with van der Waals surface area (Å²) in [5, 5.41) is 4.38. The zero-order chi connectivity index (χ0) is 17.3. The Morgan fingerprint density at radius 2 is 1.71 bits per heavy atom. The molecule has 0 aromatic heterocycles. The number of amides is 1. The van der Waals surface area contributed by atoms with Crippen molar-refractivity contribution in [3.63, 3.8) is 0 Å². The highest BCUT2D eigenvalue weighted by molar-refractivity contribution is 6.29. The quantitative estimate of drug-likeness (QED) is 0.661. The maximum atomic E-state index is 12.9. The van der Waals surface area contributed by atoms with E-state index < -0.39 is 0 Å². The van der Waals surface area contributed by atoms with Crippen LogP contribution in [0.15, 0.2) is 21.8 Å². The number of halogens is 1. The molecular formula is C21H32ClNO. The average Bonchev–Trinajstić information content (AvgIpc) is 3.04. The van der Waals surface area contributed by atoms with Gasteiger partial charge in [-0.3, -0.25) is 4.79 Å². The van der Waals surface area contributed by atoms with E-state index in [0.717, 1.165) is 17.9 Å². The zero-order valence-corrected chi connectivity index (χ0v) is 16.3. The van der Waals surface area contributed by atoms with Gasteiger partial charge in [-0.15, -0.1) is 0 Å². The lowest BCUT2D eigenvalue weighted by molar-refractivity contribution is -0.126. The van der Waals surface area contributed by atoms with Gasteiger partial charge in [0.1, 0.15) is 0 Å². The van der Waals surface area contributed by atoms with Crippen LogP contribution in [0, 0.1) is 11.3 Å². The summed E-state index contributed by atoms with van der Waals surface area (Å²) in [6, 6.07) is 0.138. The maximum absolute atomic E-state index is 12.9. The van der Waals surface area contributed by atoms with Crippen LogP contribution in [0.3, 0.4) is 0 Å². The predicted molar refractivity (Wildman–Crippen MR) is 101 cm³/mol. The molecule has 0 spiro atoms. The van der Waals surface area contributed by atoms with Crippen LogP contribution >= 0.6 is 11.6 Å². The molecule has 3 aliphatic carbocycles. The Balaban J connectivity index is 1.91. The summed E-state index contributed by atoms with van der Waals surface area (Å²) in [6.07, 6.45) is 11.8. The number of allylic oxidation sites excluding steroid dienone is 2. The molecule has 0 heterocycles. The molecule has 1 amide bonds. The SMILES string of the molecule is C/C(Cl)=C(/C)C(=C1CC1)[C@@H](NC(=O)C1CCCC1)C1(C)CCCC1. The van der Waals surface area contributed by atoms with Gasteiger partial charge in [-0.2, -0.15) is 0 Å². The number of hydrogen-bond donors (Lipinski definition) is 1. The van der Waals surface area contributed by atoms with Crippen LogP contribution in [0.4, 0.5) is 0 Å². The molecule has 3 aliphatic rings. The summed E-state index contributed by atoms with van der Waals surface area (Å²) < 4.78 is 0. The molecule has 0 aliphatic heterocycles. The smallest absolute Gasteiger partial charge is 0.223 e. The monoisotopic (exact) mass is 349 g/mol. The first-order valence-corrected chi connectivity index (χ1v) is 10.2. The van der Waals surface area contributed by atoms with Crippen LogP contribution in [-0.2, 0) is 4.79 Å². The number of nitrogens with one attached hydrogen (secondary N) is 1. The molecule has 0 aromatic carbocycles. The second-order valence-corrected chi connectivity index (χ2v) is 9.03. The molecule has 0 aromatic rings. The van der Waals surface area contributed by atoms with Crippen LogP contribution in [0.1, 0.15) is 85.0 Å². The van der Waals surface area contributed by atoms with Gasteiger partial charge in [0, 0.05) is 11.0 Å². The topological polar surface area (TPSA) is 29.1 Å². The van der Waals surface area contributed by atoms with E-state index in [2.05, 4.69) is 19.2 Å². The van der Waals surface area contributed by atoms with Crippen molar-refractivity contribution in [2.45, 2.75) is 91.0 Å². The molecule has 0 bridgehead atoms. The van der Waals surface area contributed by atoms with Crippen LogP contribution in [0.2, 0.25) is 0 Å². The summed E-state index contributed by atoms with van der Waals surface area (Å²) in [6.45, 7) is 6.49. The van der Waals surface area contributed by atoms with E-state index in [9.17, 15) is 4.79 Å². The lowest BCUT2D eigenvalue weighted by Gasteiger charge is -2.38. The Kier molecular flexibility index (Phi) is 5.44. The highest BCUT2D eigenvalue weighted by Crippen LogP contribution is 2.48. The van der Waals surface area contributed by atoms with Crippen molar-refractivity contribution in [2.24, 2.45) is 11.3 Å². The van der Waals surface area contributed by atoms with Gasteiger partial charge in [-0.05, 0) is 68.9 Å². The summed E-state index contributed by atoms with van der Waals surface area (Å²) in [4.78, 5) is 12.9. The highest BCUT2D eigenvalue weighted by Gasteiger charge is 2.43. The largest absolute Gasteiger partial charge is 0.348 e. The third-order valence-electron chi connectivity index (χ3n) is 6.55. The standard InChI is InChI=1S/C21H32ClNO/c1-14(15(2)22)18(16-10-11-16)19(21(3)12-6-7-13-21)23-20(24)17-8-4-5-9-17/h17,19H,4-13H2,1-3H3,(H,23,24)/b15-14+/t19-/m1/s1. The van der Waals surface area contributed by atoms with Crippen molar-refractivity contribution in [3.8, 4) is 0 Å². The molecule has 134 valence electrons. The third-order valence-corrected chi connectivity index (χ3v) is 6.83. The molecular weight excluding hydrogens is 318 g/mol. The van der Waals surface area contributed by atoms with E-state index in [0.29, 0.717) is 0 Å². The maximum Gasteiger partial charge on any atom is 0.223 e. The fraction of sp³-hybridized carbons (Fsp3) is 0.762. The van der Waals surface area contributed by atoms with Gasteiger partial charge >= 0.3 is 0 Å². The van der Waals surface area contributed by atoms with Crippen LogP contribution in [0.25, 0.3) is 0 Å². The average molecular weight is 350 g/mol. The molecule has 0 saturated heterocycles. The van der Waals surface area contributed by atoms with Gasteiger partial charge in [-0.25, -0.2) is 0 Å². The van der Waals surface area contributed by atoms with Gasteiger partial charge < -0.3 is 5.32 Å². The van der Waals surface area contributed by atoms with Gasteiger partial charge in [0.05, 0.1) is 6.04 Å². The summed E-state index contributed by atoms with van der Waals surface area (Å²) in [5.41, 5.74) is 4.23. The molecule has 1 N–H and O–H groups in total. The van der Waals surface area contributed by atoms with Gasteiger partial charge in [0.2, 0.25) is 5.91 Å². The minimum atomic E-state index is 0.138. The molecule has 2 nitrogen and oxygen atoms in total. The molecule has 0 unspecified atom stereocenters. The van der Waals surface area contributed by atoms with Gasteiger partial charge in [0.15, 0.2) is 0 Å². The van der Waals surface area contributed by atoms with Crippen molar-refractivity contribution in [1.82, 2.24) is 5.32 Å². The van der Waals surface area contributed by atoms with Crippen LogP contribution in [0.5, 0.6) is 0 Å². The van der Waals surface area contributed by atoms with Crippen LogP contribution < -0.4 is 5.32 Å². The zero-order valence-electron chi connectivity index (χ0n) is 15.5. The van der Waals surface area contributed by atoms with Crippen molar-refractivity contribution in [3.05, 3.63) is 21.8 Å². The minimum Gasteiger partial charge on any atom is -0.348 e. The van der Waals surface area contributed by atoms with E-state index in [1.807, 2.05) is 6.92 Å². The molecule has 3 rings (SSSR count). The normalized spacial score (nSPS) is 25.4. The van der Waals surface area contributed by atoms with E-state index in [1.54, 1.807) is 0 Å². The van der Waals surface area contributed by atoms with Gasteiger partial charge in [-0.1, -0.05) is 49.8 Å². The van der Waals surface area contributed by atoms with Gasteiger partial charge in [0.25, 0.3) is 0 Å². The Bertz CT molecular complexity index is 552. The lowest BCUT2D eigenvalue weighted by Crippen LogP contribution is -2.48. The Labute approximate surface area is 152 Å². The second kappa shape index (κ2) is 7.23. The fourth-order valence-corrected chi connectivity index (χ4v) is 4.82. The first-order valence-electron chi connectivity index (χ1n) is 9.78. The van der Waals surface area contributed by atoms with E-state index >= 15 is 0 Å². The number of carbonyl (C=O) groups is 1. The number of hydrogen-bond acceptors (Lipinski definition) is 1. The molecule has 3 heteroatoms. The number of carbonyl (C=O) groups excluding carboxylic acids is 1. The molecule has 3 fully saturated rings. The minimum absolute atomic E-state index is 0.138. The summed E-state index contributed by atoms with van der Waals surface area (Å²) in [7, 11) is 0. The van der Waals surface area contributed by atoms with Crippen LogP contribution in [-0.4, -0.2) is 11.9 Å². The molecule has 1 atom stereocenters. The molecule has 0 radical (unpaired) electrons. The van der Waals surface area contributed by atoms with E-state index in [4.69, 9.17) is 11.6 Å². The van der Waals surface area contributed by atoms with Crippen molar-refractivity contribution in [1.29, 1.82) is 0 Å². The second-order valence-electron chi connectivity index (χ2n) is 8.46. The third kappa shape index (κ3) is 3.74. The van der Waals surface area contributed by atoms with Crippen molar-refractivity contribution in [2.75, 3.05) is 0 Å².